The van der Waals surface area contributed by atoms with Crippen LogP contribution in [0.2, 0.25) is 0 Å². The van der Waals surface area contributed by atoms with Gasteiger partial charge in [-0.15, -0.1) is 0 Å². The number of nitrogens with two attached hydrogens (primary N) is 1. The Hall–Kier alpha value is -0.810. The summed E-state index contributed by atoms with van der Waals surface area (Å²) < 4.78 is 10.9. The summed E-state index contributed by atoms with van der Waals surface area (Å²) in [7, 11) is 0. The first-order chi connectivity index (χ1) is 9.40. The van der Waals surface area contributed by atoms with E-state index in [1.807, 2.05) is 20.8 Å². The van der Waals surface area contributed by atoms with Gasteiger partial charge < -0.3 is 20.5 Å². The van der Waals surface area contributed by atoms with Gasteiger partial charge in [-0.05, 0) is 65.3 Å². The fraction of sp³-hybridized carbons (Fsp3) is 0.933. The van der Waals surface area contributed by atoms with E-state index < -0.39 is 5.60 Å². The minimum absolute atomic E-state index is 0.241. The van der Waals surface area contributed by atoms with Crippen molar-refractivity contribution in [2.45, 2.75) is 64.5 Å². The highest BCUT2D eigenvalue weighted by molar-refractivity contribution is 5.68. The second kappa shape index (κ2) is 8.47. The van der Waals surface area contributed by atoms with Gasteiger partial charge in [0.1, 0.15) is 5.60 Å². The fourth-order valence-corrected chi connectivity index (χ4v) is 2.38. The Balaban J connectivity index is 2.14. The smallest absolute Gasteiger partial charge is 0.407 e. The summed E-state index contributed by atoms with van der Waals surface area (Å²) in [4.78, 5) is 11.7. The molecule has 0 bridgehead atoms. The average Bonchev–Trinajstić information content (AvgIpc) is 2.34. The SMILES string of the molecule is CC(C)(C)OC(=O)N[C@H]1CC[C@H](COCCCN)CC1. The molecule has 1 aliphatic rings. The molecule has 0 heterocycles. The zero-order chi connectivity index (χ0) is 15.0. The molecule has 0 atom stereocenters. The van der Waals surface area contributed by atoms with Gasteiger partial charge in [-0.1, -0.05) is 0 Å². The largest absolute Gasteiger partial charge is 0.444 e. The summed E-state index contributed by atoms with van der Waals surface area (Å²) in [5.74, 6) is 0.615. The van der Waals surface area contributed by atoms with Gasteiger partial charge in [0, 0.05) is 19.3 Å². The zero-order valence-corrected chi connectivity index (χ0v) is 13.1. The van der Waals surface area contributed by atoms with Crippen molar-refractivity contribution in [3.8, 4) is 0 Å². The first-order valence-electron chi connectivity index (χ1n) is 7.68. The van der Waals surface area contributed by atoms with E-state index in [0.29, 0.717) is 12.5 Å². The molecule has 1 aliphatic carbocycles. The van der Waals surface area contributed by atoms with Crippen molar-refractivity contribution in [2.24, 2.45) is 11.7 Å². The zero-order valence-electron chi connectivity index (χ0n) is 13.1. The number of nitrogens with one attached hydrogen (secondary N) is 1. The van der Waals surface area contributed by atoms with E-state index in [2.05, 4.69) is 5.32 Å². The molecule has 0 spiro atoms. The molecule has 1 rings (SSSR count). The lowest BCUT2D eigenvalue weighted by atomic mass is 9.86. The van der Waals surface area contributed by atoms with Gasteiger partial charge in [0.25, 0.3) is 0 Å². The lowest BCUT2D eigenvalue weighted by Gasteiger charge is -2.30. The molecule has 1 saturated carbocycles. The molecule has 0 aromatic carbocycles. The van der Waals surface area contributed by atoms with Crippen molar-refractivity contribution in [1.82, 2.24) is 5.32 Å². The number of amides is 1. The predicted octanol–water partition coefficient (Wildman–Crippen LogP) is 2.44. The van der Waals surface area contributed by atoms with E-state index in [4.69, 9.17) is 15.2 Å². The van der Waals surface area contributed by atoms with Crippen LogP contribution < -0.4 is 11.1 Å². The van der Waals surface area contributed by atoms with Crippen molar-refractivity contribution in [1.29, 1.82) is 0 Å². The van der Waals surface area contributed by atoms with Gasteiger partial charge in [0.05, 0.1) is 0 Å². The third-order valence-corrected chi connectivity index (χ3v) is 3.41. The van der Waals surface area contributed by atoms with Crippen molar-refractivity contribution in [2.75, 3.05) is 19.8 Å². The quantitative estimate of drug-likeness (QED) is 0.736. The first-order valence-corrected chi connectivity index (χ1v) is 7.68. The lowest BCUT2D eigenvalue weighted by molar-refractivity contribution is 0.0463. The molecule has 5 heteroatoms. The molecule has 118 valence electrons. The van der Waals surface area contributed by atoms with Crippen LogP contribution in [0, 0.1) is 5.92 Å². The average molecular weight is 286 g/mol. The predicted molar refractivity (Wildman–Crippen MR) is 79.6 cm³/mol. The Morgan fingerprint density at radius 1 is 1.25 bits per heavy atom. The maximum Gasteiger partial charge on any atom is 0.407 e. The molecule has 3 N–H and O–H groups in total. The summed E-state index contributed by atoms with van der Waals surface area (Å²) in [6.45, 7) is 7.89. The van der Waals surface area contributed by atoms with E-state index in [1.165, 1.54) is 0 Å². The highest BCUT2D eigenvalue weighted by atomic mass is 16.6. The van der Waals surface area contributed by atoms with Crippen LogP contribution in [0.5, 0.6) is 0 Å². The first kappa shape index (κ1) is 17.2. The molecule has 20 heavy (non-hydrogen) atoms. The molecular formula is C15H30N2O3. The molecule has 0 unspecified atom stereocenters. The maximum atomic E-state index is 11.7. The monoisotopic (exact) mass is 286 g/mol. The third-order valence-electron chi connectivity index (χ3n) is 3.41. The molecule has 0 radical (unpaired) electrons. The standard InChI is InChI=1S/C15H30N2O3/c1-15(2,3)20-14(18)17-13-7-5-12(6-8-13)11-19-10-4-9-16/h12-13H,4-11,16H2,1-3H3,(H,17,18)/t12-,13-. The fourth-order valence-electron chi connectivity index (χ4n) is 2.38. The van der Waals surface area contributed by atoms with Gasteiger partial charge in [-0.2, -0.15) is 0 Å². The third kappa shape index (κ3) is 7.70. The van der Waals surface area contributed by atoms with Crippen LogP contribution in [0.25, 0.3) is 0 Å². The Bertz CT molecular complexity index is 281. The maximum absolute atomic E-state index is 11.7. The van der Waals surface area contributed by atoms with Crippen LogP contribution in [0.15, 0.2) is 0 Å². The van der Waals surface area contributed by atoms with Gasteiger partial charge in [0.2, 0.25) is 0 Å². The van der Waals surface area contributed by atoms with E-state index in [1.54, 1.807) is 0 Å². The van der Waals surface area contributed by atoms with E-state index >= 15 is 0 Å². The number of hydrogen-bond acceptors (Lipinski definition) is 4. The Labute approximate surface area is 122 Å². The Morgan fingerprint density at radius 2 is 1.90 bits per heavy atom. The van der Waals surface area contributed by atoms with E-state index in [-0.39, 0.29) is 12.1 Å². The number of hydrogen-bond donors (Lipinski definition) is 2. The van der Waals surface area contributed by atoms with Crippen LogP contribution in [-0.2, 0) is 9.47 Å². The Morgan fingerprint density at radius 3 is 2.45 bits per heavy atom. The van der Waals surface area contributed by atoms with E-state index in [9.17, 15) is 4.79 Å². The molecule has 1 amide bonds. The second-order valence-electron chi connectivity index (χ2n) is 6.58. The number of carbonyl (C=O) groups excluding carboxylic acids is 1. The number of rotatable bonds is 6. The lowest BCUT2D eigenvalue weighted by Crippen LogP contribution is -2.41. The van der Waals surface area contributed by atoms with Crippen molar-refractivity contribution in [3.63, 3.8) is 0 Å². The number of ether oxygens (including phenoxy) is 2. The summed E-state index contributed by atoms with van der Waals surface area (Å²) in [5.41, 5.74) is 4.99. The van der Waals surface area contributed by atoms with Crippen LogP contribution in [0.3, 0.4) is 0 Å². The van der Waals surface area contributed by atoms with Gasteiger partial charge in [0.15, 0.2) is 0 Å². The molecule has 0 aliphatic heterocycles. The molecular weight excluding hydrogens is 256 g/mol. The normalized spacial score (nSPS) is 23.4. The van der Waals surface area contributed by atoms with Crippen LogP contribution >= 0.6 is 0 Å². The van der Waals surface area contributed by atoms with Gasteiger partial charge in [-0.3, -0.25) is 0 Å². The van der Waals surface area contributed by atoms with Gasteiger partial charge in [-0.25, -0.2) is 4.79 Å². The van der Waals surface area contributed by atoms with Crippen LogP contribution in [0.1, 0.15) is 52.9 Å². The van der Waals surface area contributed by atoms with Crippen molar-refractivity contribution in [3.05, 3.63) is 0 Å². The number of carbonyl (C=O) groups is 1. The number of alkyl carbamates (subject to hydrolysis) is 1. The Kier molecular flexibility index (Phi) is 7.30. The van der Waals surface area contributed by atoms with Gasteiger partial charge >= 0.3 is 6.09 Å². The minimum atomic E-state index is -0.432. The highest BCUT2D eigenvalue weighted by Crippen LogP contribution is 2.24. The van der Waals surface area contributed by atoms with Crippen LogP contribution in [0.4, 0.5) is 4.79 Å². The highest BCUT2D eigenvalue weighted by Gasteiger charge is 2.24. The molecule has 5 nitrogen and oxygen atoms in total. The van der Waals surface area contributed by atoms with Crippen molar-refractivity contribution < 1.29 is 14.3 Å². The summed E-state index contributed by atoms with van der Waals surface area (Å²) in [6.07, 6.45) is 4.83. The topological polar surface area (TPSA) is 73.6 Å². The minimum Gasteiger partial charge on any atom is -0.444 e. The molecule has 0 aromatic rings. The molecule has 0 aromatic heterocycles. The van der Waals surface area contributed by atoms with Crippen molar-refractivity contribution >= 4 is 6.09 Å². The molecule has 0 saturated heterocycles. The van der Waals surface area contributed by atoms with Crippen LogP contribution in [-0.4, -0.2) is 37.5 Å². The summed E-state index contributed by atoms with van der Waals surface area (Å²) in [5, 5.41) is 2.95. The summed E-state index contributed by atoms with van der Waals surface area (Å²) >= 11 is 0. The van der Waals surface area contributed by atoms with E-state index in [0.717, 1.165) is 45.3 Å². The second-order valence-corrected chi connectivity index (χ2v) is 6.58. The molecule has 1 fully saturated rings. The summed E-state index contributed by atoms with van der Waals surface area (Å²) in [6, 6.07) is 0.241.